The molecule has 1 amide bonds. The maximum Gasteiger partial charge on any atom is 0.435 e. The second-order valence-corrected chi connectivity index (χ2v) is 7.69. The van der Waals surface area contributed by atoms with Gasteiger partial charge in [-0.05, 0) is 30.7 Å². The fourth-order valence-electron chi connectivity index (χ4n) is 2.89. The van der Waals surface area contributed by atoms with Crippen LogP contribution in [-0.2, 0) is 6.18 Å². The molecule has 2 aromatic heterocycles. The predicted octanol–water partition coefficient (Wildman–Crippen LogP) is 5.31. The lowest BCUT2D eigenvalue weighted by Crippen LogP contribution is -2.20. The second-order valence-electron chi connectivity index (χ2n) is 6.85. The molecule has 2 heterocycles. The van der Waals surface area contributed by atoms with Crippen molar-refractivity contribution in [2.24, 2.45) is 5.10 Å². The third-order valence-corrected chi connectivity index (χ3v) is 5.38. The van der Waals surface area contributed by atoms with Gasteiger partial charge in [0.25, 0.3) is 5.91 Å². The molecule has 0 aliphatic rings. The van der Waals surface area contributed by atoms with Gasteiger partial charge in [-0.3, -0.25) is 4.79 Å². The highest BCUT2D eigenvalue weighted by atomic mass is 32.1. The minimum atomic E-state index is -4.64. The molecule has 0 unspecified atom stereocenters. The van der Waals surface area contributed by atoms with Crippen LogP contribution in [0.1, 0.15) is 28.7 Å². The van der Waals surface area contributed by atoms with Crippen LogP contribution in [0.15, 0.2) is 71.1 Å². The van der Waals surface area contributed by atoms with Crippen molar-refractivity contribution in [3.05, 3.63) is 88.8 Å². The van der Waals surface area contributed by atoms with Gasteiger partial charge in [0, 0.05) is 10.9 Å². The SMILES string of the molecule is C/C(=N/NC(=O)c1csc(-n2nc(C(F)(F)F)cc2-c2ccccc2)n1)c1ccc(F)cc1. The maximum atomic E-state index is 13.3. The lowest BCUT2D eigenvalue weighted by molar-refractivity contribution is -0.141. The van der Waals surface area contributed by atoms with Crippen LogP contribution in [0.5, 0.6) is 0 Å². The molecule has 0 bridgehead atoms. The Morgan fingerprint density at radius 1 is 1.09 bits per heavy atom. The first-order valence-corrected chi connectivity index (χ1v) is 10.4. The Morgan fingerprint density at radius 2 is 1.79 bits per heavy atom. The summed E-state index contributed by atoms with van der Waals surface area (Å²) in [5, 5.41) is 9.13. The topological polar surface area (TPSA) is 72.2 Å². The van der Waals surface area contributed by atoms with E-state index >= 15 is 0 Å². The van der Waals surface area contributed by atoms with Gasteiger partial charge in [-0.25, -0.2) is 19.5 Å². The molecule has 6 nitrogen and oxygen atoms in total. The average Bonchev–Trinajstić information content (AvgIpc) is 3.46. The summed E-state index contributed by atoms with van der Waals surface area (Å²) in [5.74, 6) is -1.05. The van der Waals surface area contributed by atoms with E-state index in [-0.39, 0.29) is 16.5 Å². The maximum absolute atomic E-state index is 13.3. The molecule has 33 heavy (non-hydrogen) atoms. The standard InChI is InChI=1S/C22H15F4N5OS/c1-13(14-7-9-16(23)10-8-14)28-29-20(32)17-12-33-21(27-17)31-18(15-5-3-2-4-6-15)11-19(30-31)22(24,25)26/h2-12H,1H3,(H,29,32)/b28-13-. The zero-order valence-electron chi connectivity index (χ0n) is 17.0. The Hall–Kier alpha value is -3.86. The molecule has 0 atom stereocenters. The van der Waals surface area contributed by atoms with Crippen LogP contribution in [0.2, 0.25) is 0 Å². The zero-order valence-corrected chi connectivity index (χ0v) is 17.8. The van der Waals surface area contributed by atoms with Crippen molar-refractivity contribution in [1.29, 1.82) is 0 Å². The Morgan fingerprint density at radius 3 is 2.45 bits per heavy atom. The van der Waals surface area contributed by atoms with Crippen LogP contribution in [0.25, 0.3) is 16.4 Å². The minimum Gasteiger partial charge on any atom is -0.266 e. The normalized spacial score (nSPS) is 12.1. The molecule has 0 aliphatic carbocycles. The number of carbonyl (C=O) groups excluding carboxylic acids is 1. The number of nitrogens with one attached hydrogen (secondary N) is 1. The van der Waals surface area contributed by atoms with Crippen molar-refractivity contribution in [2.45, 2.75) is 13.1 Å². The van der Waals surface area contributed by atoms with Gasteiger partial charge in [-0.2, -0.15) is 23.4 Å². The summed E-state index contributed by atoms with van der Waals surface area (Å²) >= 11 is 0.967. The Bertz CT molecular complexity index is 1310. The fraction of sp³-hybridized carbons (Fsp3) is 0.0909. The molecule has 0 spiro atoms. The second kappa shape index (κ2) is 8.94. The summed E-state index contributed by atoms with van der Waals surface area (Å²) in [6.45, 7) is 1.63. The number of halogens is 4. The first kappa shape index (κ1) is 22.3. The molecule has 4 rings (SSSR count). The lowest BCUT2D eigenvalue weighted by atomic mass is 10.1. The van der Waals surface area contributed by atoms with Crippen LogP contribution < -0.4 is 5.43 Å². The zero-order chi connectivity index (χ0) is 23.6. The first-order valence-electron chi connectivity index (χ1n) is 9.51. The van der Waals surface area contributed by atoms with E-state index in [1.165, 1.54) is 29.6 Å². The smallest absolute Gasteiger partial charge is 0.266 e. The van der Waals surface area contributed by atoms with Gasteiger partial charge < -0.3 is 0 Å². The Kier molecular flexibility index (Phi) is 6.05. The summed E-state index contributed by atoms with van der Waals surface area (Å²) in [6.07, 6.45) is -4.64. The summed E-state index contributed by atoms with van der Waals surface area (Å²) < 4.78 is 54.0. The summed E-state index contributed by atoms with van der Waals surface area (Å²) in [7, 11) is 0. The molecule has 0 saturated carbocycles. The average molecular weight is 473 g/mol. The van der Waals surface area contributed by atoms with Crippen LogP contribution in [-0.4, -0.2) is 26.4 Å². The molecule has 0 aliphatic heterocycles. The van der Waals surface area contributed by atoms with Crippen molar-refractivity contribution < 1.29 is 22.4 Å². The van der Waals surface area contributed by atoms with Gasteiger partial charge in [-0.1, -0.05) is 42.5 Å². The molecule has 0 radical (unpaired) electrons. The van der Waals surface area contributed by atoms with Crippen LogP contribution >= 0.6 is 11.3 Å². The van der Waals surface area contributed by atoms with Gasteiger partial charge in [0.2, 0.25) is 5.13 Å². The van der Waals surface area contributed by atoms with E-state index in [0.717, 1.165) is 22.1 Å². The molecule has 4 aromatic rings. The molecule has 2 aromatic carbocycles. The van der Waals surface area contributed by atoms with E-state index in [2.05, 4.69) is 20.6 Å². The number of benzene rings is 2. The summed E-state index contributed by atoms with van der Waals surface area (Å²) in [5.41, 5.74) is 2.99. The van der Waals surface area contributed by atoms with Crippen molar-refractivity contribution in [2.75, 3.05) is 0 Å². The number of hydrogen-bond donors (Lipinski definition) is 1. The monoisotopic (exact) mass is 473 g/mol. The first-order chi connectivity index (χ1) is 15.7. The highest BCUT2D eigenvalue weighted by Crippen LogP contribution is 2.33. The largest absolute Gasteiger partial charge is 0.435 e. The van der Waals surface area contributed by atoms with Crippen LogP contribution in [0.4, 0.5) is 17.6 Å². The van der Waals surface area contributed by atoms with E-state index in [9.17, 15) is 22.4 Å². The number of alkyl halides is 3. The number of carbonyl (C=O) groups is 1. The van der Waals surface area contributed by atoms with Crippen molar-refractivity contribution in [1.82, 2.24) is 20.2 Å². The highest BCUT2D eigenvalue weighted by Gasteiger charge is 2.35. The van der Waals surface area contributed by atoms with E-state index in [0.29, 0.717) is 16.8 Å². The number of hydrazone groups is 1. The predicted molar refractivity (Wildman–Crippen MR) is 116 cm³/mol. The minimum absolute atomic E-state index is 0.0336. The number of amides is 1. The van der Waals surface area contributed by atoms with Gasteiger partial charge in [0.05, 0.1) is 11.4 Å². The fourth-order valence-corrected chi connectivity index (χ4v) is 3.66. The van der Waals surface area contributed by atoms with Gasteiger partial charge >= 0.3 is 6.18 Å². The number of hydrogen-bond acceptors (Lipinski definition) is 5. The molecule has 0 saturated heterocycles. The molecule has 168 valence electrons. The van der Waals surface area contributed by atoms with Crippen LogP contribution in [0.3, 0.4) is 0 Å². The van der Waals surface area contributed by atoms with Gasteiger partial charge in [0.1, 0.15) is 11.5 Å². The van der Waals surface area contributed by atoms with E-state index in [1.807, 2.05) is 0 Å². The van der Waals surface area contributed by atoms with Crippen molar-refractivity contribution in [3.63, 3.8) is 0 Å². The molecular formula is C22H15F4N5OS. The Balaban J connectivity index is 1.60. The molecule has 11 heteroatoms. The Labute approximate surface area is 189 Å². The lowest BCUT2D eigenvalue weighted by Gasteiger charge is -2.04. The summed E-state index contributed by atoms with van der Waals surface area (Å²) in [6, 6.07) is 15.0. The van der Waals surface area contributed by atoms with E-state index < -0.39 is 23.6 Å². The number of rotatable bonds is 5. The number of nitrogens with zero attached hydrogens (tertiary/aromatic N) is 4. The van der Waals surface area contributed by atoms with E-state index in [1.54, 1.807) is 37.3 Å². The van der Waals surface area contributed by atoms with Crippen molar-refractivity contribution in [3.8, 4) is 16.4 Å². The number of thiazole rings is 1. The van der Waals surface area contributed by atoms with Gasteiger partial charge in [0.15, 0.2) is 5.69 Å². The molecule has 0 fully saturated rings. The molecular weight excluding hydrogens is 458 g/mol. The van der Waals surface area contributed by atoms with Crippen LogP contribution in [0, 0.1) is 5.82 Å². The quantitative estimate of drug-likeness (QED) is 0.243. The highest BCUT2D eigenvalue weighted by molar-refractivity contribution is 7.12. The van der Waals surface area contributed by atoms with Gasteiger partial charge in [-0.15, -0.1) is 11.3 Å². The molecule has 1 N–H and O–H groups in total. The third-order valence-electron chi connectivity index (χ3n) is 4.56. The summed E-state index contributed by atoms with van der Waals surface area (Å²) in [4.78, 5) is 16.6. The van der Waals surface area contributed by atoms with Crippen molar-refractivity contribution >= 4 is 23.0 Å². The van der Waals surface area contributed by atoms with E-state index in [4.69, 9.17) is 0 Å². The third kappa shape index (κ3) is 4.98. The number of aromatic nitrogens is 3.